The standard InChI is InChI=1S/C11H15ClN2O2S/c12-10-2-1-8(17-10)3-4-13-11(16)9-5-7(15)6-14-9/h1-2,7,9,14-15H,3-6H2,(H,13,16)/t7-,9-/m0/s1. The van der Waals surface area contributed by atoms with Crippen LogP contribution in [0.25, 0.3) is 0 Å². The Hall–Kier alpha value is -0.620. The maximum absolute atomic E-state index is 11.7. The SMILES string of the molecule is O=C(NCCc1ccc(Cl)s1)[C@@H]1C[C@H](O)CN1. The van der Waals surface area contributed by atoms with Crippen LogP contribution >= 0.6 is 22.9 Å². The minimum Gasteiger partial charge on any atom is -0.392 e. The van der Waals surface area contributed by atoms with Gasteiger partial charge in [-0.2, -0.15) is 0 Å². The molecule has 4 nitrogen and oxygen atoms in total. The number of carbonyl (C=O) groups is 1. The van der Waals surface area contributed by atoms with E-state index in [1.54, 1.807) is 0 Å². The van der Waals surface area contributed by atoms with Gasteiger partial charge in [0, 0.05) is 18.0 Å². The number of hydrogen-bond acceptors (Lipinski definition) is 4. The minimum atomic E-state index is -0.401. The van der Waals surface area contributed by atoms with Crippen LogP contribution in [0.4, 0.5) is 0 Å². The number of carbonyl (C=O) groups excluding carboxylic acids is 1. The number of rotatable bonds is 4. The van der Waals surface area contributed by atoms with E-state index in [4.69, 9.17) is 11.6 Å². The first-order chi connectivity index (χ1) is 8.15. The molecular weight excluding hydrogens is 260 g/mol. The maximum atomic E-state index is 11.7. The van der Waals surface area contributed by atoms with Gasteiger partial charge in [-0.05, 0) is 25.0 Å². The molecule has 6 heteroatoms. The maximum Gasteiger partial charge on any atom is 0.237 e. The van der Waals surface area contributed by atoms with Crippen molar-refractivity contribution in [3.63, 3.8) is 0 Å². The van der Waals surface area contributed by atoms with E-state index in [1.165, 1.54) is 11.3 Å². The summed E-state index contributed by atoms with van der Waals surface area (Å²) < 4.78 is 0.770. The molecule has 0 unspecified atom stereocenters. The van der Waals surface area contributed by atoms with Crippen molar-refractivity contribution in [2.24, 2.45) is 0 Å². The molecule has 1 aliphatic rings. The van der Waals surface area contributed by atoms with Crippen molar-refractivity contribution >= 4 is 28.8 Å². The van der Waals surface area contributed by atoms with Crippen molar-refractivity contribution in [3.8, 4) is 0 Å². The number of amides is 1. The summed E-state index contributed by atoms with van der Waals surface area (Å²) in [7, 11) is 0. The molecule has 1 fully saturated rings. The molecule has 1 amide bonds. The zero-order valence-electron chi connectivity index (χ0n) is 9.28. The first-order valence-corrected chi connectivity index (χ1v) is 6.78. The Kier molecular flexibility index (Phi) is 4.39. The Morgan fingerprint density at radius 3 is 3.06 bits per heavy atom. The van der Waals surface area contributed by atoms with E-state index in [0.717, 1.165) is 15.6 Å². The molecule has 1 aromatic heterocycles. The van der Waals surface area contributed by atoms with Gasteiger partial charge in [0.15, 0.2) is 0 Å². The summed E-state index contributed by atoms with van der Waals surface area (Å²) in [6, 6.07) is 3.58. The van der Waals surface area contributed by atoms with Crippen LogP contribution in [0.2, 0.25) is 4.34 Å². The molecule has 94 valence electrons. The molecule has 2 heterocycles. The van der Waals surface area contributed by atoms with Crippen LogP contribution in [0, 0.1) is 0 Å². The summed E-state index contributed by atoms with van der Waals surface area (Å²) in [6.07, 6.45) is 0.886. The monoisotopic (exact) mass is 274 g/mol. The predicted octanol–water partition coefficient (Wildman–Crippen LogP) is 0.783. The van der Waals surface area contributed by atoms with Gasteiger partial charge in [0.05, 0.1) is 16.5 Å². The van der Waals surface area contributed by atoms with Crippen LogP contribution in [0.15, 0.2) is 12.1 Å². The first-order valence-electron chi connectivity index (χ1n) is 5.58. The Bertz CT molecular complexity index is 397. The normalized spacial score (nSPS) is 23.9. The van der Waals surface area contributed by atoms with Gasteiger partial charge in [-0.3, -0.25) is 4.79 Å². The van der Waals surface area contributed by atoms with Gasteiger partial charge in [-0.1, -0.05) is 11.6 Å². The van der Waals surface area contributed by atoms with Gasteiger partial charge in [-0.25, -0.2) is 0 Å². The molecule has 2 rings (SSSR count). The highest BCUT2D eigenvalue weighted by molar-refractivity contribution is 7.16. The summed E-state index contributed by atoms with van der Waals surface area (Å²) in [5.41, 5.74) is 0. The van der Waals surface area contributed by atoms with Gasteiger partial charge in [-0.15, -0.1) is 11.3 Å². The van der Waals surface area contributed by atoms with Crippen molar-refractivity contribution < 1.29 is 9.90 Å². The lowest BCUT2D eigenvalue weighted by Gasteiger charge is -2.10. The van der Waals surface area contributed by atoms with Crippen LogP contribution in [0.3, 0.4) is 0 Å². The topological polar surface area (TPSA) is 61.4 Å². The number of nitrogens with one attached hydrogen (secondary N) is 2. The number of hydrogen-bond donors (Lipinski definition) is 3. The number of aliphatic hydroxyl groups is 1. The quantitative estimate of drug-likeness (QED) is 0.761. The summed E-state index contributed by atoms with van der Waals surface area (Å²) in [4.78, 5) is 12.8. The second-order valence-corrected chi connectivity index (χ2v) is 5.90. The number of halogens is 1. The second kappa shape index (κ2) is 5.82. The average molecular weight is 275 g/mol. The highest BCUT2D eigenvalue weighted by atomic mass is 35.5. The summed E-state index contributed by atoms with van der Waals surface area (Å²) in [5, 5.41) is 15.1. The third-order valence-corrected chi connectivity index (χ3v) is 4.01. The van der Waals surface area contributed by atoms with E-state index >= 15 is 0 Å². The van der Waals surface area contributed by atoms with Gasteiger partial charge in [0.1, 0.15) is 0 Å². The molecule has 0 bridgehead atoms. The molecule has 0 aliphatic carbocycles. The minimum absolute atomic E-state index is 0.0378. The van der Waals surface area contributed by atoms with E-state index in [9.17, 15) is 9.90 Å². The molecule has 1 aromatic rings. The van der Waals surface area contributed by atoms with Gasteiger partial charge in [0.2, 0.25) is 5.91 Å². The van der Waals surface area contributed by atoms with Crippen molar-refractivity contribution in [3.05, 3.63) is 21.3 Å². The Labute approximate surface area is 109 Å². The molecule has 3 N–H and O–H groups in total. The molecule has 17 heavy (non-hydrogen) atoms. The number of β-amino-alcohol motifs (C(OH)–C–C–N with tert-alkyl or cyclic N) is 1. The zero-order chi connectivity index (χ0) is 12.3. The summed E-state index contributed by atoms with van der Waals surface area (Å²) in [6.45, 7) is 1.10. The number of aliphatic hydroxyl groups excluding tert-OH is 1. The Balaban J connectivity index is 1.70. The summed E-state index contributed by atoms with van der Waals surface area (Å²) >= 11 is 7.35. The van der Waals surface area contributed by atoms with Crippen molar-refractivity contribution in [2.75, 3.05) is 13.1 Å². The van der Waals surface area contributed by atoms with Crippen LogP contribution in [0.5, 0.6) is 0 Å². The van der Waals surface area contributed by atoms with E-state index in [0.29, 0.717) is 19.5 Å². The van der Waals surface area contributed by atoms with E-state index in [2.05, 4.69) is 10.6 Å². The molecule has 0 aromatic carbocycles. The molecule has 0 saturated carbocycles. The third kappa shape index (κ3) is 3.67. The van der Waals surface area contributed by atoms with E-state index in [1.807, 2.05) is 12.1 Å². The Morgan fingerprint density at radius 2 is 2.47 bits per heavy atom. The third-order valence-electron chi connectivity index (χ3n) is 2.72. The van der Waals surface area contributed by atoms with Gasteiger partial charge >= 0.3 is 0 Å². The van der Waals surface area contributed by atoms with Crippen LogP contribution in [-0.2, 0) is 11.2 Å². The fourth-order valence-electron chi connectivity index (χ4n) is 1.83. The Morgan fingerprint density at radius 1 is 1.65 bits per heavy atom. The lowest BCUT2D eigenvalue weighted by molar-refractivity contribution is -0.122. The van der Waals surface area contributed by atoms with Crippen molar-refractivity contribution in [1.29, 1.82) is 0 Å². The number of thiophene rings is 1. The van der Waals surface area contributed by atoms with Crippen molar-refractivity contribution in [2.45, 2.75) is 25.0 Å². The largest absolute Gasteiger partial charge is 0.392 e. The molecule has 0 radical (unpaired) electrons. The lowest BCUT2D eigenvalue weighted by atomic mass is 10.2. The van der Waals surface area contributed by atoms with E-state index < -0.39 is 6.10 Å². The van der Waals surface area contributed by atoms with E-state index in [-0.39, 0.29) is 11.9 Å². The lowest BCUT2D eigenvalue weighted by Crippen LogP contribution is -2.41. The highest BCUT2D eigenvalue weighted by Gasteiger charge is 2.27. The highest BCUT2D eigenvalue weighted by Crippen LogP contribution is 2.21. The fourth-order valence-corrected chi connectivity index (χ4v) is 2.92. The molecule has 2 atom stereocenters. The van der Waals surface area contributed by atoms with Crippen LogP contribution in [-0.4, -0.2) is 36.2 Å². The fraction of sp³-hybridized carbons (Fsp3) is 0.545. The van der Waals surface area contributed by atoms with Gasteiger partial charge in [0.25, 0.3) is 0 Å². The summed E-state index contributed by atoms with van der Waals surface area (Å²) in [5.74, 6) is -0.0378. The molecular formula is C11H15ClN2O2S. The van der Waals surface area contributed by atoms with Gasteiger partial charge < -0.3 is 15.7 Å². The molecule has 1 saturated heterocycles. The zero-order valence-corrected chi connectivity index (χ0v) is 10.9. The average Bonchev–Trinajstić information content (AvgIpc) is 2.88. The van der Waals surface area contributed by atoms with Crippen LogP contribution in [0.1, 0.15) is 11.3 Å². The smallest absolute Gasteiger partial charge is 0.237 e. The van der Waals surface area contributed by atoms with Crippen LogP contribution < -0.4 is 10.6 Å². The molecule has 0 spiro atoms. The predicted molar refractivity (Wildman–Crippen MR) is 68.5 cm³/mol. The van der Waals surface area contributed by atoms with Crippen molar-refractivity contribution in [1.82, 2.24) is 10.6 Å². The molecule has 1 aliphatic heterocycles. The second-order valence-electron chi connectivity index (χ2n) is 4.10. The first kappa shape index (κ1) is 12.8.